The van der Waals surface area contributed by atoms with Crippen LogP contribution in [0.1, 0.15) is 25.0 Å². The number of ether oxygens (including phenoxy) is 2. The summed E-state index contributed by atoms with van der Waals surface area (Å²) in [6.07, 6.45) is 0.529. The van der Waals surface area contributed by atoms with Crippen LogP contribution in [0.5, 0.6) is 5.75 Å². The van der Waals surface area contributed by atoms with Gasteiger partial charge in [-0.2, -0.15) is 0 Å². The lowest BCUT2D eigenvalue weighted by atomic mass is 10.1. The first-order valence-electron chi connectivity index (χ1n) is 7.27. The predicted molar refractivity (Wildman–Crippen MR) is 82.2 cm³/mol. The van der Waals surface area contributed by atoms with Gasteiger partial charge in [0.05, 0.1) is 24.9 Å². The number of morpholine rings is 1. The van der Waals surface area contributed by atoms with Gasteiger partial charge in [-0.1, -0.05) is 17.9 Å². The highest BCUT2D eigenvalue weighted by Crippen LogP contribution is 2.21. The monoisotopic (exact) mass is 289 g/mol. The largest absolute Gasteiger partial charge is 0.495 e. The highest BCUT2D eigenvalue weighted by molar-refractivity contribution is 5.48. The number of hydrogen-bond acceptors (Lipinski definition) is 4. The lowest BCUT2D eigenvalue weighted by molar-refractivity contribution is -0.0704. The lowest BCUT2D eigenvalue weighted by Gasteiger charge is -2.35. The maximum atomic E-state index is 8.84. The molecule has 114 valence electrons. The van der Waals surface area contributed by atoms with Crippen LogP contribution in [0.15, 0.2) is 18.2 Å². The van der Waals surface area contributed by atoms with Crippen molar-refractivity contribution in [2.24, 2.45) is 0 Å². The van der Waals surface area contributed by atoms with Gasteiger partial charge in [-0.25, -0.2) is 0 Å². The fourth-order valence-electron chi connectivity index (χ4n) is 2.76. The smallest absolute Gasteiger partial charge is 0.134 e. The van der Waals surface area contributed by atoms with E-state index in [0.717, 1.165) is 30.9 Å². The van der Waals surface area contributed by atoms with Gasteiger partial charge >= 0.3 is 0 Å². The van der Waals surface area contributed by atoms with E-state index in [4.69, 9.17) is 14.6 Å². The summed E-state index contributed by atoms with van der Waals surface area (Å²) in [7, 11) is 1.63. The molecule has 0 unspecified atom stereocenters. The molecule has 0 spiro atoms. The van der Waals surface area contributed by atoms with Crippen LogP contribution in [0, 0.1) is 11.8 Å². The van der Waals surface area contributed by atoms with E-state index in [1.807, 2.05) is 12.1 Å². The van der Waals surface area contributed by atoms with E-state index in [1.54, 1.807) is 7.11 Å². The Morgan fingerprint density at radius 1 is 1.33 bits per heavy atom. The number of rotatable bonds is 3. The Balaban J connectivity index is 2.13. The minimum Gasteiger partial charge on any atom is -0.495 e. The molecule has 21 heavy (non-hydrogen) atoms. The maximum absolute atomic E-state index is 8.84. The van der Waals surface area contributed by atoms with Crippen molar-refractivity contribution in [3.63, 3.8) is 0 Å². The topological polar surface area (TPSA) is 41.9 Å². The van der Waals surface area contributed by atoms with E-state index < -0.39 is 0 Å². The van der Waals surface area contributed by atoms with Crippen LogP contribution < -0.4 is 4.74 Å². The quantitative estimate of drug-likeness (QED) is 0.859. The number of aliphatic hydroxyl groups is 1. The fourth-order valence-corrected chi connectivity index (χ4v) is 2.76. The van der Waals surface area contributed by atoms with Crippen molar-refractivity contribution >= 4 is 0 Å². The first-order chi connectivity index (χ1) is 10.1. The zero-order chi connectivity index (χ0) is 15.2. The molecule has 0 saturated carbocycles. The van der Waals surface area contributed by atoms with E-state index in [-0.39, 0.29) is 18.8 Å². The van der Waals surface area contributed by atoms with Crippen LogP contribution in [0.2, 0.25) is 0 Å². The van der Waals surface area contributed by atoms with Crippen LogP contribution >= 0.6 is 0 Å². The van der Waals surface area contributed by atoms with Crippen molar-refractivity contribution in [3.8, 4) is 17.6 Å². The molecule has 0 radical (unpaired) electrons. The van der Waals surface area contributed by atoms with Gasteiger partial charge in [-0.15, -0.1) is 0 Å². The van der Waals surface area contributed by atoms with Crippen molar-refractivity contribution in [1.82, 2.24) is 4.90 Å². The van der Waals surface area contributed by atoms with Gasteiger partial charge in [0.1, 0.15) is 12.4 Å². The molecule has 4 heteroatoms. The summed E-state index contributed by atoms with van der Waals surface area (Å²) in [5.41, 5.74) is 2.01. The number of aliphatic hydroxyl groups excluding tert-OH is 1. The SMILES string of the molecule is COc1ccc(CN2C[C@@H](C)O[C@@H](C)C2)cc1C#CCO. The van der Waals surface area contributed by atoms with Crippen LogP contribution in [0.4, 0.5) is 0 Å². The normalized spacial score (nSPS) is 22.5. The maximum Gasteiger partial charge on any atom is 0.134 e. The number of nitrogens with zero attached hydrogens (tertiary/aromatic N) is 1. The molecule has 0 aliphatic carbocycles. The van der Waals surface area contributed by atoms with E-state index in [1.165, 1.54) is 5.56 Å². The summed E-state index contributed by atoms with van der Waals surface area (Å²) in [5, 5.41) is 8.84. The molecule has 1 aliphatic rings. The number of benzene rings is 1. The van der Waals surface area contributed by atoms with Crippen molar-refractivity contribution in [2.75, 3.05) is 26.8 Å². The van der Waals surface area contributed by atoms with Crippen LogP contribution in [-0.2, 0) is 11.3 Å². The van der Waals surface area contributed by atoms with Gasteiger partial charge in [0.25, 0.3) is 0 Å². The van der Waals surface area contributed by atoms with Crippen molar-refractivity contribution in [2.45, 2.75) is 32.6 Å². The molecule has 0 amide bonds. The molecule has 1 N–H and O–H groups in total. The molecule has 1 aromatic carbocycles. The van der Waals surface area contributed by atoms with Gasteiger partial charge in [0.2, 0.25) is 0 Å². The summed E-state index contributed by atoms with van der Waals surface area (Å²) < 4.78 is 11.1. The third-order valence-corrected chi connectivity index (χ3v) is 3.47. The molecule has 2 atom stereocenters. The van der Waals surface area contributed by atoms with Gasteiger partial charge in [0, 0.05) is 19.6 Å². The Kier molecular flexibility index (Phi) is 5.63. The van der Waals surface area contributed by atoms with Gasteiger partial charge in [-0.05, 0) is 31.5 Å². The van der Waals surface area contributed by atoms with Gasteiger partial charge in [0.15, 0.2) is 0 Å². The first kappa shape index (κ1) is 15.8. The summed E-state index contributed by atoms with van der Waals surface area (Å²) in [4.78, 5) is 2.39. The third-order valence-electron chi connectivity index (χ3n) is 3.47. The molecule has 2 rings (SSSR count). The minimum absolute atomic E-state index is 0.147. The summed E-state index contributed by atoms with van der Waals surface area (Å²) in [6, 6.07) is 6.03. The van der Waals surface area contributed by atoms with Crippen molar-refractivity contribution in [3.05, 3.63) is 29.3 Å². The summed E-state index contributed by atoms with van der Waals surface area (Å²) in [5.74, 6) is 6.36. The number of hydrogen-bond donors (Lipinski definition) is 1. The summed E-state index contributed by atoms with van der Waals surface area (Å²) >= 11 is 0. The van der Waals surface area contributed by atoms with Crippen LogP contribution in [0.3, 0.4) is 0 Å². The molecular formula is C17H23NO3. The highest BCUT2D eigenvalue weighted by atomic mass is 16.5. The molecule has 1 fully saturated rings. The average Bonchev–Trinajstić information content (AvgIpc) is 2.44. The zero-order valence-electron chi connectivity index (χ0n) is 12.9. The predicted octanol–water partition coefficient (Wildman–Crippen LogP) is 1.65. The molecule has 0 bridgehead atoms. The van der Waals surface area contributed by atoms with Crippen LogP contribution in [0.25, 0.3) is 0 Å². The molecule has 1 aromatic rings. The standard InChI is InChI=1S/C17H23NO3/c1-13-10-18(11-14(2)21-13)12-15-6-7-17(20-3)16(9-15)5-4-8-19/h6-7,9,13-14,19H,8,10-12H2,1-3H3/t13-,14+. The lowest BCUT2D eigenvalue weighted by Crippen LogP contribution is -2.44. The Bertz CT molecular complexity index is 523. The summed E-state index contributed by atoms with van der Waals surface area (Å²) in [6.45, 7) is 6.81. The Morgan fingerprint density at radius 3 is 2.67 bits per heavy atom. The van der Waals surface area contributed by atoms with Crippen molar-refractivity contribution < 1.29 is 14.6 Å². The fraction of sp³-hybridized carbons (Fsp3) is 0.529. The first-order valence-corrected chi connectivity index (χ1v) is 7.27. The molecule has 4 nitrogen and oxygen atoms in total. The van der Waals surface area contributed by atoms with Crippen LogP contribution in [-0.4, -0.2) is 49.0 Å². The van der Waals surface area contributed by atoms with E-state index in [2.05, 4.69) is 36.7 Å². The van der Waals surface area contributed by atoms with Gasteiger partial charge < -0.3 is 14.6 Å². The molecule has 1 saturated heterocycles. The molecule has 1 heterocycles. The van der Waals surface area contributed by atoms with E-state index >= 15 is 0 Å². The Labute approximate surface area is 126 Å². The minimum atomic E-state index is -0.147. The molecule has 0 aromatic heterocycles. The Hall–Kier alpha value is -1.54. The second kappa shape index (κ2) is 7.46. The number of methoxy groups -OCH3 is 1. The molecule has 1 aliphatic heterocycles. The van der Waals surface area contributed by atoms with E-state index in [9.17, 15) is 0 Å². The second-order valence-electron chi connectivity index (χ2n) is 5.45. The molecular weight excluding hydrogens is 266 g/mol. The van der Waals surface area contributed by atoms with Crippen molar-refractivity contribution in [1.29, 1.82) is 0 Å². The average molecular weight is 289 g/mol. The van der Waals surface area contributed by atoms with Gasteiger partial charge in [-0.3, -0.25) is 4.90 Å². The third kappa shape index (κ3) is 4.47. The highest BCUT2D eigenvalue weighted by Gasteiger charge is 2.22. The Morgan fingerprint density at radius 2 is 2.05 bits per heavy atom. The second-order valence-corrected chi connectivity index (χ2v) is 5.45. The van der Waals surface area contributed by atoms with E-state index in [0.29, 0.717) is 0 Å². The zero-order valence-corrected chi connectivity index (χ0v) is 12.9.